The molecule has 3 fully saturated rings. The zero-order valence-corrected chi connectivity index (χ0v) is 6.27. The fraction of sp³-hybridized carbons (Fsp3) is 1.00. The summed E-state index contributed by atoms with van der Waals surface area (Å²) < 4.78 is 0. The molecule has 3 rings (SSSR count). The molecule has 1 atom stereocenters. The van der Waals surface area contributed by atoms with E-state index in [0.717, 1.165) is 17.8 Å². The van der Waals surface area contributed by atoms with Crippen molar-refractivity contribution in [2.45, 2.75) is 39.0 Å². The van der Waals surface area contributed by atoms with E-state index in [1.165, 1.54) is 19.3 Å². The Morgan fingerprint density at radius 2 is 1.67 bits per heavy atom. The van der Waals surface area contributed by atoms with Gasteiger partial charge in [0, 0.05) is 0 Å². The first-order valence-electron chi connectivity index (χ1n) is 4.34. The molecule has 0 heterocycles. The Morgan fingerprint density at radius 1 is 0.889 bits per heavy atom. The summed E-state index contributed by atoms with van der Waals surface area (Å²) in [5.74, 6) is 3.34. The highest BCUT2D eigenvalue weighted by molar-refractivity contribution is 4.84. The van der Waals surface area contributed by atoms with E-state index in [1.54, 1.807) is 12.8 Å². The lowest BCUT2D eigenvalue weighted by Gasteiger charge is -2.32. The first-order valence-corrected chi connectivity index (χ1v) is 4.34. The third-order valence-electron chi connectivity index (χ3n) is 3.14. The lowest BCUT2D eigenvalue weighted by molar-refractivity contribution is 0.195. The number of hydrogen-bond acceptors (Lipinski definition) is 0. The van der Waals surface area contributed by atoms with Gasteiger partial charge in [0.1, 0.15) is 0 Å². The van der Waals surface area contributed by atoms with Gasteiger partial charge in [-0.25, -0.2) is 0 Å². The van der Waals surface area contributed by atoms with Gasteiger partial charge in [-0.15, -0.1) is 0 Å². The maximum absolute atomic E-state index is 2.42. The Labute approximate surface area is 57.6 Å². The van der Waals surface area contributed by atoms with E-state index >= 15 is 0 Å². The van der Waals surface area contributed by atoms with Crippen molar-refractivity contribution in [1.29, 1.82) is 0 Å². The Morgan fingerprint density at radius 3 is 2.44 bits per heavy atom. The number of rotatable bonds is 0. The second kappa shape index (κ2) is 2.00. The van der Waals surface area contributed by atoms with E-state index in [-0.39, 0.29) is 0 Å². The van der Waals surface area contributed by atoms with Crippen LogP contribution in [-0.4, -0.2) is 0 Å². The molecule has 3 aliphatic rings. The second-order valence-corrected chi connectivity index (χ2v) is 4.12. The molecule has 52 valence electrons. The Balaban J connectivity index is 1.96. The van der Waals surface area contributed by atoms with E-state index < -0.39 is 0 Å². The second-order valence-electron chi connectivity index (χ2n) is 4.12. The summed E-state index contributed by atoms with van der Waals surface area (Å²) in [6.45, 7) is 2.42. The van der Waals surface area contributed by atoms with Crippen LogP contribution >= 0.6 is 0 Å². The number of fused-ring (bicyclic) bond motifs is 3. The molecule has 0 aromatic heterocycles. The van der Waals surface area contributed by atoms with Crippen molar-refractivity contribution >= 4 is 0 Å². The quantitative estimate of drug-likeness (QED) is 0.466. The van der Waals surface area contributed by atoms with Crippen LogP contribution in [0.4, 0.5) is 0 Å². The number of hydrogen-bond donors (Lipinski definition) is 0. The van der Waals surface area contributed by atoms with Crippen molar-refractivity contribution < 1.29 is 0 Å². The maximum Gasteiger partial charge on any atom is -0.0406 e. The van der Waals surface area contributed by atoms with Crippen LogP contribution in [0.3, 0.4) is 0 Å². The molecule has 2 bridgehead atoms. The van der Waals surface area contributed by atoms with Crippen LogP contribution in [0.25, 0.3) is 0 Å². The van der Waals surface area contributed by atoms with Crippen LogP contribution < -0.4 is 0 Å². The third kappa shape index (κ3) is 0.997. The van der Waals surface area contributed by atoms with Crippen molar-refractivity contribution in [2.75, 3.05) is 0 Å². The predicted molar refractivity (Wildman–Crippen MR) is 39.2 cm³/mol. The molecule has 0 aliphatic heterocycles. The summed E-state index contributed by atoms with van der Waals surface area (Å²) in [7, 11) is 0. The van der Waals surface area contributed by atoms with Gasteiger partial charge in [0.25, 0.3) is 0 Å². The highest BCUT2D eigenvalue weighted by Gasteiger charge is 2.32. The van der Waals surface area contributed by atoms with Gasteiger partial charge in [-0.05, 0) is 37.0 Å². The zero-order chi connectivity index (χ0) is 6.27. The van der Waals surface area contributed by atoms with Crippen molar-refractivity contribution in [3.8, 4) is 0 Å². The molecule has 0 saturated heterocycles. The molecule has 9 heavy (non-hydrogen) atoms. The van der Waals surface area contributed by atoms with Crippen LogP contribution in [0.15, 0.2) is 0 Å². The fourth-order valence-corrected chi connectivity index (χ4v) is 2.51. The molecule has 0 radical (unpaired) electrons. The van der Waals surface area contributed by atoms with Crippen molar-refractivity contribution in [2.24, 2.45) is 17.8 Å². The summed E-state index contributed by atoms with van der Waals surface area (Å²) in [6, 6.07) is 0. The van der Waals surface area contributed by atoms with Gasteiger partial charge in [0.2, 0.25) is 0 Å². The molecular formula is C9H16. The Hall–Kier alpha value is 0. The molecule has 3 aliphatic carbocycles. The van der Waals surface area contributed by atoms with Crippen LogP contribution in [0.5, 0.6) is 0 Å². The average molecular weight is 124 g/mol. The lowest BCUT2D eigenvalue weighted by atomic mass is 9.74. The predicted octanol–water partition coefficient (Wildman–Crippen LogP) is 2.83. The van der Waals surface area contributed by atoms with Crippen LogP contribution in [0, 0.1) is 17.8 Å². The van der Waals surface area contributed by atoms with E-state index in [2.05, 4.69) is 6.92 Å². The van der Waals surface area contributed by atoms with Crippen LogP contribution in [0.2, 0.25) is 0 Å². The Bertz CT molecular complexity index is 101. The van der Waals surface area contributed by atoms with E-state index in [1.807, 2.05) is 0 Å². The van der Waals surface area contributed by atoms with E-state index in [9.17, 15) is 0 Å². The normalized spacial score (nSPS) is 49.7. The molecule has 0 spiro atoms. The minimum absolute atomic E-state index is 1.04. The van der Waals surface area contributed by atoms with E-state index in [0.29, 0.717) is 0 Å². The summed E-state index contributed by atoms with van der Waals surface area (Å²) in [5.41, 5.74) is 0. The molecule has 0 nitrogen and oxygen atoms in total. The molecule has 0 amide bonds. The van der Waals surface area contributed by atoms with Crippen LogP contribution in [-0.2, 0) is 0 Å². The third-order valence-corrected chi connectivity index (χ3v) is 3.14. The lowest BCUT2D eigenvalue weighted by Crippen LogP contribution is -2.20. The van der Waals surface area contributed by atoms with Crippen LogP contribution in [0.1, 0.15) is 39.0 Å². The fourth-order valence-electron chi connectivity index (χ4n) is 2.51. The summed E-state index contributed by atoms with van der Waals surface area (Å²) in [5, 5.41) is 0. The standard InChI is InChI=1S/C9H16/c1-7-2-3-8-5-9(4-7)6-8/h7-9H,2-6H2,1H3/t7-,8?,9?/m1/s1. The van der Waals surface area contributed by atoms with Gasteiger partial charge in [-0.3, -0.25) is 0 Å². The molecule has 0 heteroatoms. The Kier molecular flexibility index (Phi) is 1.28. The van der Waals surface area contributed by atoms with Gasteiger partial charge >= 0.3 is 0 Å². The first-order chi connectivity index (χ1) is 4.34. The average Bonchev–Trinajstić information content (AvgIpc) is 1.93. The SMILES string of the molecule is C[C@@H]1CCC2CC(C2)C1. The molecule has 0 unspecified atom stereocenters. The minimum atomic E-state index is 1.04. The summed E-state index contributed by atoms with van der Waals surface area (Å²) >= 11 is 0. The topological polar surface area (TPSA) is 0 Å². The molecule has 3 saturated carbocycles. The minimum Gasteiger partial charge on any atom is -0.0625 e. The molecule has 0 N–H and O–H groups in total. The molecular weight excluding hydrogens is 108 g/mol. The molecule has 0 aromatic rings. The van der Waals surface area contributed by atoms with Gasteiger partial charge in [-0.2, -0.15) is 0 Å². The largest absolute Gasteiger partial charge is 0.0625 e. The van der Waals surface area contributed by atoms with Crippen molar-refractivity contribution in [3.63, 3.8) is 0 Å². The molecule has 0 aromatic carbocycles. The van der Waals surface area contributed by atoms with Gasteiger partial charge < -0.3 is 0 Å². The monoisotopic (exact) mass is 124 g/mol. The summed E-state index contributed by atoms with van der Waals surface area (Å²) in [6.07, 6.45) is 7.74. The van der Waals surface area contributed by atoms with Gasteiger partial charge in [-0.1, -0.05) is 19.8 Å². The summed E-state index contributed by atoms with van der Waals surface area (Å²) in [4.78, 5) is 0. The van der Waals surface area contributed by atoms with Crippen molar-refractivity contribution in [3.05, 3.63) is 0 Å². The highest BCUT2D eigenvalue weighted by Crippen LogP contribution is 2.45. The van der Waals surface area contributed by atoms with Gasteiger partial charge in [0.15, 0.2) is 0 Å². The highest BCUT2D eigenvalue weighted by atomic mass is 14.4. The van der Waals surface area contributed by atoms with E-state index in [4.69, 9.17) is 0 Å². The van der Waals surface area contributed by atoms with Gasteiger partial charge in [0.05, 0.1) is 0 Å². The van der Waals surface area contributed by atoms with Crippen molar-refractivity contribution in [1.82, 2.24) is 0 Å². The first kappa shape index (κ1) is 5.76. The maximum atomic E-state index is 2.42. The zero-order valence-electron chi connectivity index (χ0n) is 6.27. The smallest absolute Gasteiger partial charge is 0.0406 e.